The molecule has 7 nitrogen and oxygen atoms in total. The predicted octanol–water partition coefficient (Wildman–Crippen LogP) is 3.11. The van der Waals surface area contributed by atoms with Crippen LogP contribution in [0.1, 0.15) is 37.8 Å². The van der Waals surface area contributed by atoms with Gasteiger partial charge < -0.3 is 19.6 Å². The zero-order valence-corrected chi connectivity index (χ0v) is 21.8. The van der Waals surface area contributed by atoms with Crippen molar-refractivity contribution >= 4 is 35.2 Å². The van der Waals surface area contributed by atoms with Gasteiger partial charge in [0.15, 0.2) is 0 Å². The number of carbonyl (C=O) groups excluding carboxylic acids is 3. The first kappa shape index (κ1) is 25.8. The fourth-order valence-electron chi connectivity index (χ4n) is 6.38. The number of likely N-dealkylation sites (tertiary alicyclic amines) is 1. The number of amides is 2. The number of esters is 1. The van der Waals surface area contributed by atoms with E-state index in [-0.39, 0.29) is 48.7 Å². The van der Waals surface area contributed by atoms with Crippen molar-refractivity contribution in [1.29, 1.82) is 0 Å². The largest absolute Gasteiger partial charge is 0.466 e. The minimum absolute atomic E-state index is 0.0400. The molecule has 3 heterocycles. The summed E-state index contributed by atoms with van der Waals surface area (Å²) in [6, 6.07) is 5.27. The van der Waals surface area contributed by atoms with E-state index in [0.29, 0.717) is 13.0 Å². The molecule has 3 aliphatic rings. The van der Waals surface area contributed by atoms with Crippen molar-refractivity contribution in [3.63, 3.8) is 0 Å². The summed E-state index contributed by atoms with van der Waals surface area (Å²) in [6.07, 6.45) is 2.84. The summed E-state index contributed by atoms with van der Waals surface area (Å²) in [5.74, 6) is -1.74. The van der Waals surface area contributed by atoms with Crippen LogP contribution in [0.5, 0.6) is 0 Å². The van der Waals surface area contributed by atoms with Crippen molar-refractivity contribution in [2.45, 2.75) is 56.6 Å². The fourth-order valence-corrected chi connectivity index (χ4v) is 8.78. The van der Waals surface area contributed by atoms with Gasteiger partial charge in [-0.05, 0) is 56.7 Å². The van der Waals surface area contributed by atoms with Crippen LogP contribution in [-0.2, 0) is 19.1 Å². The SMILES string of the molecule is C=CCN(C(=O)C1N(CCCO)C(=O)[C@@H]2[C@H](C(=O)OCC)[C@@H]3CC(C)C12S3)c1cc(C)ccc1C. The third-order valence-corrected chi connectivity index (χ3v) is 9.90. The quantitative estimate of drug-likeness (QED) is 0.414. The van der Waals surface area contributed by atoms with Crippen molar-refractivity contribution in [2.24, 2.45) is 17.8 Å². The summed E-state index contributed by atoms with van der Waals surface area (Å²) >= 11 is 1.64. The summed E-state index contributed by atoms with van der Waals surface area (Å²) in [4.78, 5) is 44.8. The van der Waals surface area contributed by atoms with Gasteiger partial charge in [0.05, 0.1) is 23.2 Å². The van der Waals surface area contributed by atoms with Gasteiger partial charge in [0.1, 0.15) is 6.04 Å². The number of rotatable bonds is 9. The molecule has 3 unspecified atom stereocenters. The maximum absolute atomic E-state index is 14.5. The normalized spacial score (nSPS) is 30.9. The molecule has 35 heavy (non-hydrogen) atoms. The highest BCUT2D eigenvalue weighted by molar-refractivity contribution is 8.02. The van der Waals surface area contributed by atoms with E-state index in [1.165, 1.54) is 0 Å². The maximum Gasteiger partial charge on any atom is 0.310 e. The van der Waals surface area contributed by atoms with Crippen LogP contribution >= 0.6 is 11.8 Å². The number of ether oxygens (including phenoxy) is 1. The average Bonchev–Trinajstić information content (AvgIpc) is 3.41. The molecular weight excluding hydrogens is 464 g/mol. The van der Waals surface area contributed by atoms with Gasteiger partial charge in [-0.2, -0.15) is 0 Å². The molecule has 1 spiro atoms. The van der Waals surface area contributed by atoms with E-state index in [9.17, 15) is 19.5 Å². The molecular formula is C27H36N2O5S. The molecule has 0 radical (unpaired) electrons. The highest BCUT2D eigenvalue weighted by atomic mass is 32.2. The molecule has 6 atom stereocenters. The monoisotopic (exact) mass is 500 g/mol. The molecule has 2 amide bonds. The van der Waals surface area contributed by atoms with Crippen LogP contribution in [0.4, 0.5) is 5.69 Å². The summed E-state index contributed by atoms with van der Waals surface area (Å²) in [5, 5.41) is 9.50. The lowest BCUT2D eigenvalue weighted by atomic mass is 9.66. The Labute approximate surface area is 211 Å². The molecule has 4 rings (SSSR count). The Balaban J connectivity index is 1.82. The minimum atomic E-state index is -0.726. The molecule has 3 fully saturated rings. The molecule has 0 aromatic heterocycles. The number of hydrogen-bond donors (Lipinski definition) is 1. The molecule has 3 saturated heterocycles. The van der Waals surface area contributed by atoms with Crippen LogP contribution in [0.25, 0.3) is 0 Å². The van der Waals surface area contributed by atoms with Gasteiger partial charge in [-0.3, -0.25) is 14.4 Å². The van der Waals surface area contributed by atoms with Crippen molar-refractivity contribution in [3.8, 4) is 0 Å². The Kier molecular flexibility index (Phi) is 7.34. The molecule has 1 aromatic rings. The standard InChI is InChI=1S/C27H36N2O5S/c1-6-11-28(19-14-16(3)9-10-17(19)4)25(32)23-27-18(5)15-20(35-27)21(26(33)34-7-2)22(27)24(31)29(23)12-8-13-30/h6,9-10,14,18,20-23,30H,1,7-8,11-13,15H2,2-5H3/t18?,20-,21+,22-,23?,27?/m0/s1. The predicted molar refractivity (Wildman–Crippen MR) is 137 cm³/mol. The second-order valence-electron chi connectivity index (χ2n) is 9.94. The van der Waals surface area contributed by atoms with E-state index in [4.69, 9.17) is 4.74 Å². The summed E-state index contributed by atoms with van der Waals surface area (Å²) in [5.41, 5.74) is 2.80. The van der Waals surface area contributed by atoms with Crippen LogP contribution in [0, 0.1) is 31.6 Å². The molecule has 190 valence electrons. The summed E-state index contributed by atoms with van der Waals surface area (Å²) < 4.78 is 4.69. The Morgan fingerprint density at radius 2 is 2.11 bits per heavy atom. The molecule has 0 saturated carbocycles. The van der Waals surface area contributed by atoms with E-state index in [1.807, 2.05) is 32.0 Å². The first-order valence-electron chi connectivity index (χ1n) is 12.5. The highest BCUT2D eigenvalue weighted by Gasteiger charge is 2.76. The second-order valence-corrected chi connectivity index (χ2v) is 11.5. The number of aryl methyl sites for hydroxylation is 2. The van der Waals surface area contributed by atoms with Gasteiger partial charge in [0.25, 0.3) is 5.91 Å². The zero-order chi connectivity index (χ0) is 25.5. The number of benzene rings is 1. The first-order valence-corrected chi connectivity index (χ1v) is 13.4. The zero-order valence-electron chi connectivity index (χ0n) is 21.0. The third-order valence-electron chi connectivity index (χ3n) is 7.83. The number of thioether (sulfide) groups is 1. The number of aliphatic hydroxyl groups excluding tert-OH is 1. The van der Waals surface area contributed by atoms with E-state index >= 15 is 0 Å². The van der Waals surface area contributed by atoms with Gasteiger partial charge in [0.2, 0.25) is 5.91 Å². The van der Waals surface area contributed by atoms with Crippen LogP contribution in [0.15, 0.2) is 30.9 Å². The number of anilines is 1. The number of nitrogens with zero attached hydrogens (tertiary/aromatic N) is 2. The van der Waals surface area contributed by atoms with Crippen LogP contribution in [0.2, 0.25) is 0 Å². The Hall–Kier alpha value is -2.32. The number of aliphatic hydroxyl groups is 1. The van der Waals surface area contributed by atoms with Crippen molar-refractivity contribution in [2.75, 3.05) is 31.2 Å². The summed E-state index contributed by atoms with van der Waals surface area (Å²) in [7, 11) is 0. The molecule has 1 N–H and O–H groups in total. The maximum atomic E-state index is 14.5. The van der Waals surface area contributed by atoms with Crippen molar-refractivity contribution in [3.05, 3.63) is 42.0 Å². The van der Waals surface area contributed by atoms with Gasteiger partial charge in [-0.25, -0.2) is 0 Å². The third kappa shape index (κ3) is 3.99. The lowest BCUT2D eigenvalue weighted by Gasteiger charge is -2.40. The lowest BCUT2D eigenvalue weighted by Crippen LogP contribution is -2.57. The summed E-state index contributed by atoms with van der Waals surface area (Å²) in [6.45, 7) is 12.5. The minimum Gasteiger partial charge on any atom is -0.466 e. The van der Waals surface area contributed by atoms with E-state index in [1.54, 1.807) is 34.6 Å². The van der Waals surface area contributed by atoms with Gasteiger partial charge in [-0.1, -0.05) is 25.1 Å². The Morgan fingerprint density at radius 1 is 1.37 bits per heavy atom. The van der Waals surface area contributed by atoms with Crippen molar-refractivity contribution < 1.29 is 24.2 Å². The van der Waals surface area contributed by atoms with Crippen LogP contribution in [0.3, 0.4) is 0 Å². The number of hydrogen-bond acceptors (Lipinski definition) is 6. The average molecular weight is 501 g/mol. The molecule has 1 aromatic carbocycles. The fraction of sp³-hybridized carbons (Fsp3) is 0.593. The first-order chi connectivity index (χ1) is 16.7. The highest BCUT2D eigenvalue weighted by Crippen LogP contribution is 2.68. The lowest BCUT2D eigenvalue weighted by molar-refractivity contribution is -0.154. The van der Waals surface area contributed by atoms with Gasteiger partial charge >= 0.3 is 5.97 Å². The number of fused-ring (bicyclic) bond motifs is 1. The second kappa shape index (κ2) is 9.97. The topological polar surface area (TPSA) is 87.2 Å². The van der Waals surface area contributed by atoms with Crippen molar-refractivity contribution in [1.82, 2.24) is 4.90 Å². The van der Waals surface area contributed by atoms with Crippen LogP contribution < -0.4 is 4.90 Å². The van der Waals surface area contributed by atoms with Crippen LogP contribution in [-0.4, -0.2) is 70.1 Å². The van der Waals surface area contributed by atoms with E-state index in [0.717, 1.165) is 23.2 Å². The Morgan fingerprint density at radius 3 is 2.77 bits per heavy atom. The molecule has 0 aliphatic carbocycles. The Bertz CT molecular complexity index is 1030. The van der Waals surface area contributed by atoms with E-state index in [2.05, 4.69) is 13.5 Å². The smallest absolute Gasteiger partial charge is 0.310 e. The van der Waals surface area contributed by atoms with Gasteiger partial charge in [-0.15, -0.1) is 18.3 Å². The molecule has 3 aliphatic heterocycles. The molecule has 8 heteroatoms. The van der Waals surface area contributed by atoms with Gasteiger partial charge in [0, 0.05) is 30.6 Å². The van der Waals surface area contributed by atoms with E-state index < -0.39 is 22.6 Å². The molecule has 2 bridgehead atoms. The number of carbonyl (C=O) groups is 3.